The van der Waals surface area contributed by atoms with Crippen molar-refractivity contribution in [2.45, 2.75) is 33.3 Å². The van der Waals surface area contributed by atoms with Gasteiger partial charge in [0.05, 0.1) is 12.7 Å². The summed E-state index contributed by atoms with van der Waals surface area (Å²) in [6, 6.07) is 0. The van der Waals surface area contributed by atoms with Gasteiger partial charge in [-0.1, -0.05) is 20.8 Å². The first-order chi connectivity index (χ1) is 5.07. The maximum atomic E-state index is 9.67. The van der Waals surface area contributed by atoms with Crippen molar-refractivity contribution in [3.63, 3.8) is 0 Å². The van der Waals surface area contributed by atoms with E-state index in [4.69, 9.17) is 4.74 Å². The van der Waals surface area contributed by atoms with E-state index in [0.29, 0.717) is 12.5 Å². The lowest BCUT2D eigenvalue weighted by Crippen LogP contribution is -2.44. The molecule has 0 amide bonds. The summed E-state index contributed by atoms with van der Waals surface area (Å²) in [6.45, 7) is 7.77. The molecule has 2 atom stereocenters. The van der Waals surface area contributed by atoms with Gasteiger partial charge in [-0.15, -0.1) is 0 Å². The van der Waals surface area contributed by atoms with E-state index in [1.54, 1.807) is 0 Å². The molecular formula is C9H18O2. The fourth-order valence-electron chi connectivity index (χ4n) is 1.52. The predicted molar refractivity (Wildman–Crippen MR) is 44.4 cm³/mol. The molecule has 11 heavy (non-hydrogen) atoms. The van der Waals surface area contributed by atoms with Gasteiger partial charge < -0.3 is 9.84 Å². The minimum atomic E-state index is -0.281. The highest BCUT2D eigenvalue weighted by molar-refractivity contribution is 4.87. The summed E-state index contributed by atoms with van der Waals surface area (Å²) < 4.78 is 5.18. The molecule has 0 saturated carbocycles. The van der Waals surface area contributed by atoms with Crippen LogP contribution >= 0.6 is 0 Å². The second kappa shape index (κ2) is 3.11. The molecule has 0 aromatic heterocycles. The summed E-state index contributed by atoms with van der Waals surface area (Å²) >= 11 is 0. The highest BCUT2D eigenvalue weighted by atomic mass is 16.5. The molecule has 1 aliphatic heterocycles. The lowest BCUT2D eigenvalue weighted by atomic mass is 9.71. The average molecular weight is 158 g/mol. The van der Waals surface area contributed by atoms with Crippen LogP contribution in [0, 0.1) is 11.3 Å². The molecule has 2 unspecified atom stereocenters. The monoisotopic (exact) mass is 158 g/mol. The van der Waals surface area contributed by atoms with Crippen LogP contribution in [-0.2, 0) is 4.74 Å². The Morgan fingerprint density at radius 3 is 2.55 bits per heavy atom. The third-order valence-corrected chi connectivity index (χ3v) is 3.14. The van der Waals surface area contributed by atoms with E-state index in [2.05, 4.69) is 20.8 Å². The molecule has 0 radical (unpaired) electrons. The van der Waals surface area contributed by atoms with Crippen molar-refractivity contribution in [1.82, 2.24) is 0 Å². The number of rotatable bonds is 1. The second-order valence-electron chi connectivity index (χ2n) is 4.00. The molecule has 1 fully saturated rings. The Kier molecular flexibility index (Phi) is 2.55. The summed E-state index contributed by atoms with van der Waals surface area (Å²) in [5.41, 5.74) is 0.0677. The number of ether oxygens (including phenoxy) is 1. The molecule has 0 bridgehead atoms. The van der Waals surface area contributed by atoms with Crippen LogP contribution in [-0.4, -0.2) is 24.4 Å². The Labute approximate surface area is 68.6 Å². The second-order valence-corrected chi connectivity index (χ2v) is 4.00. The average Bonchev–Trinajstić information content (AvgIpc) is 1.95. The largest absolute Gasteiger partial charge is 0.390 e. The molecule has 0 aliphatic carbocycles. The highest BCUT2D eigenvalue weighted by Gasteiger charge is 2.38. The molecule has 2 nitrogen and oxygen atoms in total. The highest BCUT2D eigenvalue weighted by Crippen LogP contribution is 2.37. The number of hydrogen-bond acceptors (Lipinski definition) is 2. The fraction of sp³-hybridized carbons (Fsp3) is 1.00. The van der Waals surface area contributed by atoms with Gasteiger partial charge in [-0.25, -0.2) is 0 Å². The van der Waals surface area contributed by atoms with Crippen molar-refractivity contribution >= 4 is 0 Å². The van der Waals surface area contributed by atoms with Crippen molar-refractivity contribution in [2.24, 2.45) is 11.3 Å². The zero-order valence-corrected chi connectivity index (χ0v) is 7.63. The summed E-state index contributed by atoms with van der Waals surface area (Å²) in [4.78, 5) is 0. The third-order valence-electron chi connectivity index (χ3n) is 3.14. The molecule has 1 aliphatic rings. The normalized spacial score (nSPS) is 39.5. The standard InChI is InChI=1S/C9H18O2/c1-7(2)9(3)4-5-11-6-8(9)10/h7-8,10H,4-6H2,1-3H3. The van der Waals surface area contributed by atoms with Gasteiger partial charge in [0, 0.05) is 12.0 Å². The van der Waals surface area contributed by atoms with Crippen molar-refractivity contribution in [2.75, 3.05) is 13.2 Å². The summed E-state index contributed by atoms with van der Waals surface area (Å²) in [7, 11) is 0. The molecule has 66 valence electrons. The molecular weight excluding hydrogens is 140 g/mol. The van der Waals surface area contributed by atoms with Crippen LogP contribution in [0.25, 0.3) is 0 Å². The summed E-state index contributed by atoms with van der Waals surface area (Å²) in [6.07, 6.45) is 0.697. The Morgan fingerprint density at radius 1 is 1.55 bits per heavy atom. The first kappa shape index (κ1) is 9.01. The Hall–Kier alpha value is -0.0800. The Bertz CT molecular complexity index is 134. The van der Waals surface area contributed by atoms with E-state index in [1.165, 1.54) is 0 Å². The van der Waals surface area contributed by atoms with E-state index in [-0.39, 0.29) is 11.5 Å². The topological polar surface area (TPSA) is 29.5 Å². The molecule has 2 heteroatoms. The van der Waals surface area contributed by atoms with Gasteiger partial charge >= 0.3 is 0 Å². The Balaban J connectivity index is 2.64. The molecule has 1 N–H and O–H groups in total. The Morgan fingerprint density at radius 2 is 2.18 bits per heavy atom. The number of aliphatic hydroxyl groups is 1. The minimum absolute atomic E-state index is 0.0677. The zero-order chi connectivity index (χ0) is 8.48. The van der Waals surface area contributed by atoms with Crippen LogP contribution in [0.3, 0.4) is 0 Å². The third kappa shape index (κ3) is 1.57. The van der Waals surface area contributed by atoms with E-state index in [1.807, 2.05) is 0 Å². The van der Waals surface area contributed by atoms with Gasteiger partial charge in [0.2, 0.25) is 0 Å². The van der Waals surface area contributed by atoms with Gasteiger partial charge in [0.25, 0.3) is 0 Å². The van der Waals surface area contributed by atoms with Gasteiger partial charge in [0.1, 0.15) is 0 Å². The molecule has 1 saturated heterocycles. The molecule has 1 rings (SSSR count). The van der Waals surface area contributed by atoms with Gasteiger partial charge in [-0.3, -0.25) is 0 Å². The zero-order valence-electron chi connectivity index (χ0n) is 7.63. The van der Waals surface area contributed by atoms with Crippen molar-refractivity contribution in [1.29, 1.82) is 0 Å². The van der Waals surface area contributed by atoms with Crippen LogP contribution in [0.1, 0.15) is 27.2 Å². The fourth-order valence-corrected chi connectivity index (χ4v) is 1.52. The van der Waals surface area contributed by atoms with Crippen LogP contribution in [0.2, 0.25) is 0 Å². The van der Waals surface area contributed by atoms with Gasteiger partial charge in [-0.05, 0) is 12.3 Å². The predicted octanol–water partition coefficient (Wildman–Crippen LogP) is 1.43. The molecule has 0 spiro atoms. The summed E-state index contributed by atoms with van der Waals surface area (Å²) in [5, 5.41) is 9.67. The molecule has 1 heterocycles. The maximum absolute atomic E-state index is 9.67. The lowest BCUT2D eigenvalue weighted by Gasteiger charge is -2.41. The molecule has 0 aromatic rings. The number of hydrogen-bond donors (Lipinski definition) is 1. The number of aliphatic hydroxyl groups excluding tert-OH is 1. The van der Waals surface area contributed by atoms with Crippen LogP contribution in [0.4, 0.5) is 0 Å². The van der Waals surface area contributed by atoms with Gasteiger partial charge in [0.15, 0.2) is 0 Å². The van der Waals surface area contributed by atoms with Crippen LogP contribution in [0.15, 0.2) is 0 Å². The van der Waals surface area contributed by atoms with E-state index < -0.39 is 0 Å². The van der Waals surface area contributed by atoms with Gasteiger partial charge in [-0.2, -0.15) is 0 Å². The molecule has 0 aromatic carbocycles. The van der Waals surface area contributed by atoms with Crippen molar-refractivity contribution < 1.29 is 9.84 Å². The van der Waals surface area contributed by atoms with Crippen molar-refractivity contribution in [3.8, 4) is 0 Å². The first-order valence-electron chi connectivity index (χ1n) is 4.33. The van der Waals surface area contributed by atoms with Crippen LogP contribution in [0.5, 0.6) is 0 Å². The SMILES string of the molecule is CC(C)C1(C)CCOCC1O. The smallest absolute Gasteiger partial charge is 0.0830 e. The van der Waals surface area contributed by atoms with E-state index in [9.17, 15) is 5.11 Å². The minimum Gasteiger partial charge on any atom is -0.390 e. The summed E-state index contributed by atoms with van der Waals surface area (Å²) in [5.74, 6) is 0.529. The maximum Gasteiger partial charge on any atom is 0.0830 e. The van der Waals surface area contributed by atoms with Crippen molar-refractivity contribution in [3.05, 3.63) is 0 Å². The van der Waals surface area contributed by atoms with Crippen LogP contribution < -0.4 is 0 Å². The quantitative estimate of drug-likeness (QED) is 0.625. The van der Waals surface area contributed by atoms with E-state index in [0.717, 1.165) is 13.0 Å². The van der Waals surface area contributed by atoms with E-state index >= 15 is 0 Å². The first-order valence-corrected chi connectivity index (χ1v) is 4.33. The lowest BCUT2D eigenvalue weighted by molar-refractivity contribution is -0.108.